The Morgan fingerprint density at radius 1 is 0.760 bits per heavy atom. The fourth-order valence-corrected chi connectivity index (χ4v) is 5.74. The Kier molecular flexibility index (Phi) is 16.2. The SMILES string of the molecule is CCC(C)CNC(=O)C[C@H](O)[C@@H](NC(=O)[C@H](CC(C)C)NC(=O)[C@H](Cc1cccc2ccccc12)NC(=O)OCc1ccccc1)C(C)CC. The molecule has 0 spiro atoms. The summed E-state index contributed by atoms with van der Waals surface area (Å²) < 4.78 is 5.47. The van der Waals surface area contributed by atoms with Gasteiger partial charge in [0.05, 0.1) is 18.6 Å². The highest BCUT2D eigenvalue weighted by Crippen LogP contribution is 2.21. The first-order valence-corrected chi connectivity index (χ1v) is 17.9. The van der Waals surface area contributed by atoms with Gasteiger partial charge in [-0.15, -0.1) is 0 Å². The maximum absolute atomic E-state index is 14.0. The van der Waals surface area contributed by atoms with Crippen LogP contribution in [0.1, 0.15) is 78.4 Å². The number of aliphatic hydroxyl groups is 1. The van der Waals surface area contributed by atoms with Crippen molar-refractivity contribution in [1.29, 1.82) is 0 Å². The van der Waals surface area contributed by atoms with Crippen molar-refractivity contribution in [2.75, 3.05) is 6.54 Å². The Morgan fingerprint density at radius 3 is 2.10 bits per heavy atom. The minimum absolute atomic E-state index is 0.0304. The van der Waals surface area contributed by atoms with Crippen LogP contribution in [0.5, 0.6) is 0 Å². The fraction of sp³-hybridized carbons (Fsp3) is 0.500. The molecule has 6 atom stereocenters. The van der Waals surface area contributed by atoms with E-state index in [4.69, 9.17) is 4.74 Å². The van der Waals surface area contributed by atoms with E-state index in [9.17, 15) is 24.3 Å². The number of carbonyl (C=O) groups excluding carboxylic acids is 4. The van der Waals surface area contributed by atoms with Crippen LogP contribution >= 0.6 is 0 Å². The third kappa shape index (κ3) is 12.8. The summed E-state index contributed by atoms with van der Waals surface area (Å²) in [5.74, 6) is -1.09. The number of ether oxygens (including phenoxy) is 1. The van der Waals surface area contributed by atoms with Crippen molar-refractivity contribution in [3.63, 3.8) is 0 Å². The average Bonchev–Trinajstić information content (AvgIpc) is 3.11. The third-order valence-electron chi connectivity index (χ3n) is 9.18. The first-order chi connectivity index (χ1) is 23.9. The van der Waals surface area contributed by atoms with Crippen LogP contribution in [0.4, 0.5) is 4.79 Å². The van der Waals surface area contributed by atoms with Gasteiger partial charge in [0.25, 0.3) is 0 Å². The van der Waals surface area contributed by atoms with E-state index in [0.717, 1.165) is 28.3 Å². The monoisotopic (exact) mass is 688 g/mol. The number of alkyl carbamates (subject to hydrolysis) is 1. The molecule has 3 aromatic rings. The third-order valence-corrected chi connectivity index (χ3v) is 9.18. The second-order valence-corrected chi connectivity index (χ2v) is 13.8. The molecule has 272 valence electrons. The number of fused-ring (bicyclic) bond motifs is 1. The van der Waals surface area contributed by atoms with Gasteiger partial charge in [0.2, 0.25) is 17.7 Å². The lowest BCUT2D eigenvalue weighted by Crippen LogP contribution is -2.58. The zero-order chi connectivity index (χ0) is 36.6. The minimum Gasteiger partial charge on any atom is -0.445 e. The molecule has 0 aliphatic carbocycles. The second kappa shape index (κ2) is 20.3. The molecule has 0 radical (unpaired) electrons. The molecule has 3 rings (SSSR count). The van der Waals surface area contributed by atoms with Gasteiger partial charge in [-0.25, -0.2) is 4.79 Å². The van der Waals surface area contributed by atoms with Crippen molar-refractivity contribution < 1.29 is 29.0 Å². The molecule has 0 aromatic heterocycles. The summed E-state index contributed by atoms with van der Waals surface area (Å²) in [6, 6.07) is 20.1. The summed E-state index contributed by atoms with van der Waals surface area (Å²) >= 11 is 0. The molecule has 10 heteroatoms. The van der Waals surface area contributed by atoms with Gasteiger partial charge in [-0.1, -0.05) is 127 Å². The predicted molar refractivity (Wildman–Crippen MR) is 197 cm³/mol. The summed E-state index contributed by atoms with van der Waals surface area (Å²) in [6.45, 7) is 12.4. The largest absolute Gasteiger partial charge is 0.445 e. The van der Waals surface area contributed by atoms with E-state index in [2.05, 4.69) is 21.3 Å². The van der Waals surface area contributed by atoms with Crippen molar-refractivity contribution in [2.45, 2.75) is 104 Å². The molecule has 50 heavy (non-hydrogen) atoms. The number of aliphatic hydroxyl groups excluding tert-OH is 1. The molecule has 0 saturated carbocycles. The number of benzene rings is 3. The van der Waals surface area contributed by atoms with E-state index in [1.165, 1.54) is 0 Å². The molecule has 0 bridgehead atoms. The van der Waals surface area contributed by atoms with Gasteiger partial charge in [0.1, 0.15) is 18.7 Å². The smallest absolute Gasteiger partial charge is 0.408 e. The number of carbonyl (C=O) groups is 4. The van der Waals surface area contributed by atoms with Gasteiger partial charge in [0, 0.05) is 13.0 Å². The summed E-state index contributed by atoms with van der Waals surface area (Å²) in [5, 5.41) is 24.5. The second-order valence-electron chi connectivity index (χ2n) is 13.8. The molecule has 0 aliphatic rings. The number of nitrogens with one attached hydrogen (secondary N) is 4. The predicted octanol–water partition coefficient (Wildman–Crippen LogP) is 5.65. The van der Waals surface area contributed by atoms with Gasteiger partial charge >= 0.3 is 6.09 Å². The molecule has 0 fully saturated rings. The maximum Gasteiger partial charge on any atom is 0.408 e. The molecule has 0 saturated heterocycles. The Morgan fingerprint density at radius 2 is 1.42 bits per heavy atom. The average molecular weight is 689 g/mol. The van der Waals surface area contributed by atoms with Gasteiger partial charge < -0.3 is 31.1 Å². The van der Waals surface area contributed by atoms with Crippen LogP contribution in [0, 0.1) is 17.8 Å². The molecular formula is C40H56N4O6. The van der Waals surface area contributed by atoms with Crippen LogP contribution in [0.2, 0.25) is 0 Å². The molecule has 0 aliphatic heterocycles. The normalized spacial score (nSPS) is 14.9. The van der Waals surface area contributed by atoms with Crippen molar-refractivity contribution in [2.24, 2.45) is 17.8 Å². The lowest BCUT2D eigenvalue weighted by atomic mass is 9.91. The molecule has 2 unspecified atom stereocenters. The van der Waals surface area contributed by atoms with E-state index < -0.39 is 42.1 Å². The highest BCUT2D eigenvalue weighted by atomic mass is 16.5. The van der Waals surface area contributed by atoms with Gasteiger partial charge in [-0.05, 0) is 46.1 Å². The summed E-state index contributed by atoms with van der Waals surface area (Å²) in [4.78, 5) is 53.6. The zero-order valence-electron chi connectivity index (χ0n) is 30.4. The molecule has 0 heterocycles. The lowest BCUT2D eigenvalue weighted by molar-refractivity contribution is -0.132. The Balaban J connectivity index is 1.81. The van der Waals surface area contributed by atoms with Crippen LogP contribution < -0.4 is 21.3 Å². The number of rotatable bonds is 19. The zero-order valence-corrected chi connectivity index (χ0v) is 30.4. The number of hydrogen-bond donors (Lipinski definition) is 5. The van der Waals surface area contributed by atoms with Gasteiger partial charge in [-0.3, -0.25) is 14.4 Å². The highest BCUT2D eigenvalue weighted by Gasteiger charge is 2.33. The van der Waals surface area contributed by atoms with Gasteiger partial charge in [-0.2, -0.15) is 0 Å². The van der Waals surface area contributed by atoms with Crippen LogP contribution in [0.25, 0.3) is 10.8 Å². The first kappa shape index (κ1) is 40.0. The minimum atomic E-state index is -1.12. The Bertz CT molecular complexity index is 1530. The fourth-order valence-electron chi connectivity index (χ4n) is 5.74. The van der Waals surface area contributed by atoms with E-state index in [1.54, 1.807) is 0 Å². The molecule has 10 nitrogen and oxygen atoms in total. The van der Waals surface area contributed by atoms with E-state index >= 15 is 0 Å². The van der Waals surface area contributed by atoms with E-state index in [-0.39, 0.29) is 37.2 Å². The summed E-state index contributed by atoms with van der Waals surface area (Å²) in [6.07, 6.45) is 0.00529. The van der Waals surface area contributed by atoms with E-state index in [0.29, 0.717) is 25.3 Å². The lowest BCUT2D eigenvalue weighted by Gasteiger charge is -2.31. The summed E-state index contributed by atoms with van der Waals surface area (Å²) in [5.41, 5.74) is 1.65. The first-order valence-electron chi connectivity index (χ1n) is 17.9. The Hall–Kier alpha value is -4.44. The van der Waals surface area contributed by atoms with Gasteiger partial charge in [0.15, 0.2) is 0 Å². The highest BCUT2D eigenvalue weighted by molar-refractivity contribution is 5.93. The van der Waals surface area contributed by atoms with Crippen molar-refractivity contribution in [3.05, 3.63) is 83.9 Å². The molecule has 3 aromatic carbocycles. The van der Waals surface area contributed by atoms with Crippen molar-refractivity contribution in [3.8, 4) is 0 Å². The maximum atomic E-state index is 14.0. The van der Waals surface area contributed by atoms with Crippen molar-refractivity contribution in [1.82, 2.24) is 21.3 Å². The standard InChI is InChI=1S/C40H56N4O6/c1-7-27(5)24-41-36(46)23-35(45)37(28(6)8-2)44-39(48)33(21-26(3)4)42-38(47)34(43-40(49)50-25-29-15-10-9-11-16-29)22-31-19-14-18-30-17-12-13-20-32(30)31/h9-20,26-28,33-35,37,45H,7-8,21-25H2,1-6H3,(H,41,46)(H,42,47)(H,43,49)(H,44,48)/t27?,28?,33-,34-,35-,37-/m0/s1. The molecule has 4 amide bonds. The number of hydrogen-bond acceptors (Lipinski definition) is 6. The van der Waals surface area contributed by atoms with Crippen LogP contribution in [-0.2, 0) is 32.1 Å². The Labute approximate surface area is 297 Å². The molecular weight excluding hydrogens is 632 g/mol. The quantitative estimate of drug-likeness (QED) is 0.110. The van der Waals surface area contributed by atoms with Crippen LogP contribution in [0.3, 0.4) is 0 Å². The molecule has 5 N–H and O–H groups in total. The van der Waals surface area contributed by atoms with Crippen LogP contribution in [-0.4, -0.2) is 59.7 Å². The number of amides is 4. The van der Waals surface area contributed by atoms with Crippen molar-refractivity contribution >= 4 is 34.6 Å². The topological polar surface area (TPSA) is 146 Å². The van der Waals surface area contributed by atoms with E-state index in [1.807, 2.05) is 114 Å². The summed E-state index contributed by atoms with van der Waals surface area (Å²) in [7, 11) is 0. The van der Waals surface area contributed by atoms with Crippen LogP contribution in [0.15, 0.2) is 72.8 Å².